The molecule has 1 aromatic carbocycles. The van der Waals surface area contributed by atoms with E-state index in [2.05, 4.69) is 11.0 Å². The molecule has 21 heavy (non-hydrogen) atoms. The molecule has 0 bridgehead atoms. The summed E-state index contributed by atoms with van der Waals surface area (Å²) in [6.07, 6.45) is 1.87. The van der Waals surface area contributed by atoms with E-state index >= 15 is 0 Å². The first-order chi connectivity index (χ1) is 9.89. The fourth-order valence-corrected chi connectivity index (χ4v) is 2.57. The average molecular weight is 286 g/mol. The van der Waals surface area contributed by atoms with Crippen molar-refractivity contribution >= 4 is 5.97 Å². The smallest absolute Gasteiger partial charge is 0.323 e. The van der Waals surface area contributed by atoms with E-state index in [4.69, 9.17) is 10.00 Å². The van der Waals surface area contributed by atoms with Crippen LogP contribution < -0.4 is 0 Å². The average Bonchev–Trinajstić information content (AvgIpc) is 2.86. The van der Waals surface area contributed by atoms with Gasteiger partial charge in [-0.3, -0.25) is 9.69 Å². The van der Waals surface area contributed by atoms with E-state index in [9.17, 15) is 4.79 Å². The SMILES string of the molecule is CC(C)(C)OC(=O)[C@H]1CCCN1Cc1ccc(C#N)cc1. The zero-order chi connectivity index (χ0) is 15.5. The second kappa shape index (κ2) is 6.28. The molecule has 1 saturated heterocycles. The van der Waals surface area contributed by atoms with Gasteiger partial charge in [0, 0.05) is 6.54 Å². The van der Waals surface area contributed by atoms with Gasteiger partial charge in [-0.15, -0.1) is 0 Å². The molecule has 1 fully saturated rings. The summed E-state index contributed by atoms with van der Waals surface area (Å²) in [5.74, 6) is -0.131. The maximum Gasteiger partial charge on any atom is 0.323 e. The van der Waals surface area contributed by atoms with Crippen LogP contribution in [0.2, 0.25) is 0 Å². The summed E-state index contributed by atoms with van der Waals surface area (Å²) >= 11 is 0. The van der Waals surface area contributed by atoms with E-state index < -0.39 is 5.60 Å². The lowest BCUT2D eigenvalue weighted by molar-refractivity contribution is -0.160. The fraction of sp³-hybridized carbons (Fsp3) is 0.529. The molecule has 2 rings (SSSR count). The summed E-state index contributed by atoms with van der Waals surface area (Å²) in [7, 11) is 0. The van der Waals surface area contributed by atoms with Gasteiger partial charge in [-0.25, -0.2) is 0 Å². The van der Waals surface area contributed by atoms with Crippen LogP contribution in [0.1, 0.15) is 44.7 Å². The number of nitriles is 1. The van der Waals surface area contributed by atoms with Crippen LogP contribution in [0.3, 0.4) is 0 Å². The van der Waals surface area contributed by atoms with Gasteiger partial charge < -0.3 is 4.74 Å². The first-order valence-electron chi connectivity index (χ1n) is 7.35. The number of benzene rings is 1. The highest BCUT2D eigenvalue weighted by molar-refractivity contribution is 5.76. The van der Waals surface area contributed by atoms with E-state index in [-0.39, 0.29) is 12.0 Å². The molecule has 0 saturated carbocycles. The molecule has 1 heterocycles. The topological polar surface area (TPSA) is 53.3 Å². The van der Waals surface area contributed by atoms with Crippen LogP contribution in [-0.2, 0) is 16.1 Å². The van der Waals surface area contributed by atoms with Crippen molar-refractivity contribution in [2.75, 3.05) is 6.54 Å². The Balaban J connectivity index is 2.01. The Bertz CT molecular complexity index is 537. The van der Waals surface area contributed by atoms with Crippen LogP contribution in [0, 0.1) is 11.3 Å². The molecule has 0 N–H and O–H groups in total. The summed E-state index contributed by atoms with van der Waals surface area (Å²) in [4.78, 5) is 14.4. The summed E-state index contributed by atoms with van der Waals surface area (Å²) in [6.45, 7) is 7.31. The van der Waals surface area contributed by atoms with E-state index in [1.54, 1.807) is 0 Å². The summed E-state index contributed by atoms with van der Waals surface area (Å²) in [6, 6.07) is 9.48. The second-order valence-corrected chi connectivity index (χ2v) is 6.47. The highest BCUT2D eigenvalue weighted by atomic mass is 16.6. The lowest BCUT2D eigenvalue weighted by Gasteiger charge is -2.27. The number of ether oxygens (including phenoxy) is 1. The molecule has 0 unspecified atom stereocenters. The molecule has 0 amide bonds. The minimum Gasteiger partial charge on any atom is -0.459 e. The number of carbonyl (C=O) groups excluding carboxylic acids is 1. The van der Waals surface area contributed by atoms with Crippen molar-refractivity contribution in [3.63, 3.8) is 0 Å². The summed E-state index contributed by atoms with van der Waals surface area (Å²) in [5.41, 5.74) is 1.33. The van der Waals surface area contributed by atoms with E-state index in [0.717, 1.165) is 31.5 Å². The Kier molecular flexibility index (Phi) is 4.64. The number of carbonyl (C=O) groups is 1. The molecule has 1 aliphatic rings. The quantitative estimate of drug-likeness (QED) is 0.802. The van der Waals surface area contributed by atoms with Crippen LogP contribution in [-0.4, -0.2) is 29.1 Å². The molecule has 4 nitrogen and oxygen atoms in total. The molecule has 0 spiro atoms. The minimum atomic E-state index is -0.445. The minimum absolute atomic E-state index is 0.131. The van der Waals surface area contributed by atoms with Gasteiger partial charge >= 0.3 is 5.97 Å². The maximum atomic E-state index is 12.3. The second-order valence-electron chi connectivity index (χ2n) is 6.47. The van der Waals surface area contributed by atoms with Gasteiger partial charge in [-0.05, 0) is 57.9 Å². The number of esters is 1. The molecular formula is C17H22N2O2. The van der Waals surface area contributed by atoms with Crippen LogP contribution in [0.5, 0.6) is 0 Å². The van der Waals surface area contributed by atoms with Crippen molar-refractivity contribution in [2.45, 2.75) is 51.8 Å². The normalized spacial score (nSPS) is 19.2. The summed E-state index contributed by atoms with van der Waals surface area (Å²) < 4.78 is 5.50. The Hall–Kier alpha value is -1.86. The third-order valence-electron chi connectivity index (χ3n) is 3.51. The van der Waals surface area contributed by atoms with Crippen molar-refractivity contribution in [1.29, 1.82) is 5.26 Å². The van der Waals surface area contributed by atoms with Crippen molar-refractivity contribution in [1.82, 2.24) is 4.90 Å². The molecule has 1 atom stereocenters. The zero-order valence-corrected chi connectivity index (χ0v) is 12.9. The van der Waals surface area contributed by atoms with Gasteiger partial charge in [0.25, 0.3) is 0 Å². The Labute approximate surface area is 126 Å². The molecule has 0 radical (unpaired) electrons. The van der Waals surface area contributed by atoms with Gasteiger partial charge in [-0.1, -0.05) is 12.1 Å². The summed E-state index contributed by atoms with van der Waals surface area (Å²) in [5, 5.41) is 8.81. The monoisotopic (exact) mass is 286 g/mol. The Morgan fingerprint density at radius 3 is 2.62 bits per heavy atom. The fourth-order valence-electron chi connectivity index (χ4n) is 2.57. The third kappa shape index (κ3) is 4.30. The maximum absolute atomic E-state index is 12.3. The number of hydrogen-bond donors (Lipinski definition) is 0. The molecule has 0 aromatic heterocycles. The zero-order valence-electron chi connectivity index (χ0n) is 12.9. The van der Waals surface area contributed by atoms with Gasteiger partial charge in [0.2, 0.25) is 0 Å². The molecular weight excluding hydrogens is 264 g/mol. The van der Waals surface area contributed by atoms with E-state index in [1.165, 1.54) is 0 Å². The molecule has 4 heteroatoms. The predicted molar refractivity (Wildman–Crippen MR) is 80.4 cm³/mol. The van der Waals surface area contributed by atoms with E-state index in [1.807, 2.05) is 45.0 Å². The first-order valence-corrected chi connectivity index (χ1v) is 7.35. The Morgan fingerprint density at radius 2 is 2.05 bits per heavy atom. The number of nitrogens with zero attached hydrogens (tertiary/aromatic N) is 2. The number of rotatable bonds is 3. The largest absolute Gasteiger partial charge is 0.459 e. The lowest BCUT2D eigenvalue weighted by Crippen LogP contribution is -2.40. The van der Waals surface area contributed by atoms with Crippen molar-refractivity contribution < 1.29 is 9.53 Å². The molecule has 112 valence electrons. The van der Waals surface area contributed by atoms with Crippen LogP contribution >= 0.6 is 0 Å². The predicted octanol–water partition coefficient (Wildman–Crippen LogP) is 2.86. The highest BCUT2D eigenvalue weighted by Crippen LogP contribution is 2.23. The molecule has 0 aliphatic carbocycles. The van der Waals surface area contributed by atoms with Gasteiger partial charge in [0.1, 0.15) is 11.6 Å². The van der Waals surface area contributed by atoms with Crippen molar-refractivity contribution in [3.05, 3.63) is 35.4 Å². The third-order valence-corrected chi connectivity index (χ3v) is 3.51. The molecule has 1 aromatic rings. The van der Waals surface area contributed by atoms with Crippen LogP contribution in [0.4, 0.5) is 0 Å². The van der Waals surface area contributed by atoms with E-state index in [0.29, 0.717) is 5.56 Å². The number of likely N-dealkylation sites (tertiary alicyclic amines) is 1. The number of hydrogen-bond acceptors (Lipinski definition) is 4. The van der Waals surface area contributed by atoms with Crippen LogP contribution in [0.15, 0.2) is 24.3 Å². The van der Waals surface area contributed by atoms with Gasteiger partial charge in [0.05, 0.1) is 11.6 Å². The van der Waals surface area contributed by atoms with Gasteiger partial charge in [-0.2, -0.15) is 5.26 Å². The Morgan fingerprint density at radius 1 is 1.38 bits per heavy atom. The molecule has 1 aliphatic heterocycles. The van der Waals surface area contributed by atoms with Crippen molar-refractivity contribution in [2.24, 2.45) is 0 Å². The van der Waals surface area contributed by atoms with Gasteiger partial charge in [0.15, 0.2) is 0 Å². The lowest BCUT2D eigenvalue weighted by atomic mass is 10.1. The standard InChI is InChI=1S/C17H22N2O2/c1-17(2,3)21-16(20)15-5-4-10-19(15)12-14-8-6-13(11-18)7-9-14/h6-9,15H,4-5,10,12H2,1-3H3/t15-/m1/s1. The van der Waals surface area contributed by atoms with Crippen LogP contribution in [0.25, 0.3) is 0 Å². The van der Waals surface area contributed by atoms with Crippen molar-refractivity contribution in [3.8, 4) is 6.07 Å². The first kappa shape index (κ1) is 15.5. The highest BCUT2D eigenvalue weighted by Gasteiger charge is 2.33.